The minimum Gasteiger partial charge on any atom is -0.456 e. The van der Waals surface area contributed by atoms with Gasteiger partial charge in [-0.05, 0) is 230 Å². The first-order valence-electron chi connectivity index (χ1n) is 40.9. The number of hydrogen-bond acceptors (Lipinski definition) is 3. The number of fused-ring (bicyclic) bond motifs is 18. The molecule has 0 aliphatic heterocycles. The summed E-state index contributed by atoms with van der Waals surface area (Å²) in [6, 6.07) is 158. The molecule has 6 heterocycles. The van der Waals surface area contributed by atoms with Crippen molar-refractivity contribution in [2.24, 2.45) is 0 Å². The fourth-order valence-electron chi connectivity index (χ4n) is 18.2. The first kappa shape index (κ1) is 69.5. The van der Waals surface area contributed by atoms with E-state index >= 15 is 0 Å². The maximum absolute atomic E-state index is 6.10. The Morgan fingerprint density at radius 1 is 0.117 bits per heavy atom. The van der Waals surface area contributed by atoms with E-state index in [2.05, 4.69) is 420 Å². The first-order valence-corrected chi connectivity index (χ1v) is 40.9. The van der Waals surface area contributed by atoms with Gasteiger partial charge in [-0.1, -0.05) is 291 Å². The summed E-state index contributed by atoms with van der Waals surface area (Å²) in [6.07, 6.45) is 0. The molecule has 0 aliphatic rings. The summed E-state index contributed by atoms with van der Waals surface area (Å²) < 4.78 is 25.4. The molecule has 0 fully saturated rings. The molecule has 0 saturated heterocycles. The van der Waals surface area contributed by atoms with Crippen molar-refractivity contribution in [3.8, 4) is 95.0 Å². The molecule has 0 aliphatic carbocycles. The summed E-state index contributed by atoms with van der Waals surface area (Å²) in [5.74, 6) is 0. The SMILES string of the molecule is c1ccc(-c2cc(-c3ccccc3)cc(-n3c4ccccc4c4cc(-c5ccc6oc7ccccc7c6c5)ccc43)c2)cc1.c1ccc(-c2ccc(-n3c4ccccc4c4cc(-c5ccc6oc7ccccc7c6c5)ccc43)cc2)cc1.c1ccc(-c2cccc(-n3c4ccccc4c4cc(-c5ccc6oc7ccccc7c6c5)ccc43)c2)cc1. The number of para-hydroxylation sites is 6. The minimum atomic E-state index is 0.917. The number of aromatic nitrogens is 3. The van der Waals surface area contributed by atoms with Crippen molar-refractivity contribution in [2.75, 3.05) is 0 Å². The Balaban J connectivity index is 0.000000105. The molecule has 0 radical (unpaired) electrons. The van der Waals surface area contributed by atoms with Crippen molar-refractivity contribution in [1.82, 2.24) is 13.7 Å². The monoisotopic (exact) mass is 1530 g/mol. The van der Waals surface area contributed by atoms with E-state index in [0.717, 1.165) is 82.9 Å². The normalized spacial score (nSPS) is 11.7. The topological polar surface area (TPSA) is 54.2 Å². The molecule has 25 rings (SSSR count). The largest absolute Gasteiger partial charge is 0.456 e. The lowest BCUT2D eigenvalue weighted by Gasteiger charge is -2.14. The highest BCUT2D eigenvalue weighted by Gasteiger charge is 2.21. The van der Waals surface area contributed by atoms with E-state index in [1.807, 2.05) is 36.4 Å². The second-order valence-electron chi connectivity index (χ2n) is 31.0. The van der Waals surface area contributed by atoms with Crippen LogP contribution in [0, 0.1) is 0 Å². The average Bonchev–Trinajstić information content (AvgIpc) is 1.59. The standard InChI is InChI=1S/C42H27NO.2C36H23NO/c1-3-11-28(12-4-1)32-23-33(29-13-5-2-6-14-29)25-34(24-32)43-39-17-9-7-15-35(39)37-26-30(19-21-40(37)43)31-20-22-42-38(27-31)36-16-8-10-18-41(36)44-42;1-2-9-24(10-3-1)25-11-8-12-28(21-25)37-33-15-6-4-13-29(33)31-22-26(17-19-34(31)37)27-18-20-36-32(23-27)30-14-5-7-16-35(30)38-36;1-2-8-24(9-3-1)25-14-18-28(19-15-25)37-33-12-6-4-10-29(33)31-22-26(16-20-34(31)37)27-17-21-36-32(23-27)30-11-5-7-13-35(30)38-36/h1-27H;2*1-23H. The summed E-state index contributed by atoms with van der Waals surface area (Å²) in [5, 5.41) is 14.4. The molecule has 0 unspecified atom stereocenters. The zero-order chi connectivity index (χ0) is 79.1. The Morgan fingerprint density at radius 2 is 0.358 bits per heavy atom. The Kier molecular flexibility index (Phi) is 16.8. The van der Waals surface area contributed by atoms with E-state index in [1.165, 1.54) is 143 Å². The number of hydrogen-bond donors (Lipinski definition) is 0. The highest BCUT2D eigenvalue weighted by Crippen LogP contribution is 2.44. The summed E-state index contributed by atoms with van der Waals surface area (Å²) in [6.45, 7) is 0. The molecule has 0 atom stereocenters. The molecular formula is C114H73N3O3. The van der Waals surface area contributed by atoms with E-state index in [-0.39, 0.29) is 0 Å². The Labute approximate surface area is 691 Å². The fourth-order valence-corrected chi connectivity index (χ4v) is 18.2. The van der Waals surface area contributed by atoms with Crippen LogP contribution in [-0.4, -0.2) is 13.7 Å². The van der Waals surface area contributed by atoms with Crippen LogP contribution in [0.4, 0.5) is 0 Å². The maximum atomic E-state index is 6.10. The van der Waals surface area contributed by atoms with Crippen LogP contribution in [0.3, 0.4) is 0 Å². The number of nitrogens with zero attached hydrogens (tertiary/aromatic N) is 3. The van der Waals surface area contributed by atoms with Crippen LogP contribution in [0.1, 0.15) is 0 Å². The van der Waals surface area contributed by atoms with Gasteiger partial charge in [-0.15, -0.1) is 0 Å². The summed E-state index contributed by atoms with van der Waals surface area (Å²) >= 11 is 0. The van der Waals surface area contributed by atoms with Gasteiger partial charge in [0, 0.05) is 81.7 Å². The average molecular weight is 1530 g/mol. The van der Waals surface area contributed by atoms with Gasteiger partial charge >= 0.3 is 0 Å². The summed E-state index contributed by atoms with van der Waals surface area (Å²) in [4.78, 5) is 0. The lowest BCUT2D eigenvalue weighted by Crippen LogP contribution is -1.96. The summed E-state index contributed by atoms with van der Waals surface area (Å²) in [5.41, 5.74) is 33.1. The van der Waals surface area contributed by atoms with Crippen molar-refractivity contribution in [1.29, 1.82) is 0 Å². The van der Waals surface area contributed by atoms with Gasteiger partial charge in [-0.2, -0.15) is 0 Å². The van der Waals surface area contributed by atoms with E-state index < -0.39 is 0 Å². The highest BCUT2D eigenvalue weighted by molar-refractivity contribution is 6.15. The van der Waals surface area contributed by atoms with Gasteiger partial charge in [-0.25, -0.2) is 0 Å². The third kappa shape index (κ3) is 12.2. The molecule has 0 N–H and O–H groups in total. The zero-order valence-corrected chi connectivity index (χ0v) is 65.2. The molecule has 0 amide bonds. The third-order valence-electron chi connectivity index (χ3n) is 24.0. The van der Waals surface area contributed by atoms with Crippen LogP contribution < -0.4 is 0 Å². The van der Waals surface area contributed by atoms with Crippen LogP contribution in [0.25, 0.3) is 226 Å². The Bertz CT molecular complexity index is 8210. The Hall–Kier alpha value is -16.0. The van der Waals surface area contributed by atoms with Gasteiger partial charge in [0.1, 0.15) is 33.5 Å². The van der Waals surface area contributed by atoms with Crippen LogP contribution >= 0.6 is 0 Å². The predicted octanol–water partition coefficient (Wildman–Crippen LogP) is 31.7. The van der Waals surface area contributed by atoms with Crippen LogP contribution in [0.5, 0.6) is 0 Å². The molecule has 6 nitrogen and oxygen atoms in total. The zero-order valence-electron chi connectivity index (χ0n) is 65.2. The summed E-state index contributed by atoms with van der Waals surface area (Å²) in [7, 11) is 0. The minimum absolute atomic E-state index is 0.917. The number of furan rings is 3. The molecule has 25 aromatic rings. The van der Waals surface area contributed by atoms with Crippen LogP contribution in [0.2, 0.25) is 0 Å². The van der Waals surface area contributed by atoms with E-state index in [0.29, 0.717) is 0 Å². The van der Waals surface area contributed by atoms with Crippen LogP contribution in [0.15, 0.2) is 456 Å². The number of benzene rings is 19. The van der Waals surface area contributed by atoms with Crippen molar-refractivity contribution in [3.63, 3.8) is 0 Å². The molecule has 120 heavy (non-hydrogen) atoms. The van der Waals surface area contributed by atoms with Gasteiger partial charge in [0.2, 0.25) is 0 Å². The predicted molar refractivity (Wildman–Crippen MR) is 502 cm³/mol. The quantitative estimate of drug-likeness (QED) is 0.137. The Morgan fingerprint density at radius 3 is 0.742 bits per heavy atom. The van der Waals surface area contributed by atoms with Gasteiger partial charge in [0.25, 0.3) is 0 Å². The lowest BCUT2D eigenvalue weighted by molar-refractivity contribution is 0.668. The van der Waals surface area contributed by atoms with Crippen molar-refractivity contribution < 1.29 is 13.3 Å². The molecular weight excluding hydrogens is 1460 g/mol. The second kappa shape index (κ2) is 29.1. The molecule has 6 heteroatoms. The molecule has 0 saturated carbocycles. The molecule has 19 aromatic carbocycles. The fraction of sp³-hybridized carbons (Fsp3) is 0. The molecule has 6 aromatic heterocycles. The van der Waals surface area contributed by atoms with Crippen molar-refractivity contribution >= 4 is 131 Å². The van der Waals surface area contributed by atoms with E-state index in [1.54, 1.807) is 0 Å². The van der Waals surface area contributed by atoms with Crippen LogP contribution in [-0.2, 0) is 0 Å². The molecule has 0 spiro atoms. The maximum Gasteiger partial charge on any atom is 0.135 e. The van der Waals surface area contributed by atoms with Gasteiger partial charge in [0.15, 0.2) is 0 Å². The van der Waals surface area contributed by atoms with Crippen molar-refractivity contribution in [2.45, 2.75) is 0 Å². The smallest absolute Gasteiger partial charge is 0.135 e. The van der Waals surface area contributed by atoms with Gasteiger partial charge in [-0.3, -0.25) is 0 Å². The second-order valence-corrected chi connectivity index (χ2v) is 31.0. The highest BCUT2D eigenvalue weighted by atomic mass is 16.3. The molecule has 0 bridgehead atoms. The molecule has 562 valence electrons. The van der Waals surface area contributed by atoms with Crippen molar-refractivity contribution in [3.05, 3.63) is 443 Å². The third-order valence-corrected chi connectivity index (χ3v) is 24.0. The van der Waals surface area contributed by atoms with E-state index in [9.17, 15) is 0 Å². The van der Waals surface area contributed by atoms with Gasteiger partial charge < -0.3 is 27.0 Å². The number of rotatable bonds is 10. The lowest BCUT2D eigenvalue weighted by atomic mass is 9.98. The van der Waals surface area contributed by atoms with Gasteiger partial charge in [0.05, 0.1) is 33.1 Å². The first-order chi connectivity index (χ1) is 59.5. The van der Waals surface area contributed by atoms with E-state index in [4.69, 9.17) is 13.3 Å².